The van der Waals surface area contributed by atoms with E-state index >= 15 is 0 Å². The maximum Gasteiger partial charge on any atom is 0.105 e. The van der Waals surface area contributed by atoms with Gasteiger partial charge in [0.05, 0.1) is 11.7 Å². The molecule has 0 N–H and O–H groups in total. The number of hydrogen-bond acceptors (Lipinski definition) is 3. The van der Waals surface area contributed by atoms with Crippen molar-refractivity contribution in [2.75, 3.05) is 0 Å². The van der Waals surface area contributed by atoms with Crippen LogP contribution < -0.4 is 0 Å². The predicted octanol–water partition coefficient (Wildman–Crippen LogP) is 3.36. The largest absolute Gasteiger partial charge is 0.173 e. The van der Waals surface area contributed by atoms with Crippen LogP contribution in [0.2, 0.25) is 0 Å². The van der Waals surface area contributed by atoms with E-state index in [1.165, 1.54) is 22.9 Å². The number of benzene rings is 2. The van der Waals surface area contributed by atoms with Gasteiger partial charge < -0.3 is 0 Å². The molecule has 0 aliphatic carbocycles. The lowest BCUT2D eigenvalue weighted by Crippen LogP contribution is -1.77. The molecule has 72 valence electrons. The molecule has 0 saturated carbocycles. The van der Waals surface area contributed by atoms with Crippen LogP contribution in [0.15, 0.2) is 48.5 Å². The van der Waals surface area contributed by atoms with E-state index in [-0.39, 0.29) is 0 Å². The molecule has 15 heavy (non-hydrogen) atoms. The minimum absolute atomic E-state index is 0.972. The van der Waals surface area contributed by atoms with Crippen LogP contribution in [0.1, 0.15) is 0 Å². The van der Waals surface area contributed by atoms with Crippen LogP contribution >= 0.6 is 11.7 Å². The summed E-state index contributed by atoms with van der Waals surface area (Å²) in [5, 5.41) is 0. The van der Waals surface area contributed by atoms with Gasteiger partial charge in [0, 0.05) is 0 Å². The van der Waals surface area contributed by atoms with E-state index in [1.54, 1.807) is 0 Å². The first-order valence-corrected chi connectivity index (χ1v) is 5.44. The molecular weight excluding hydrogens is 204 g/mol. The number of nitrogens with zero attached hydrogens (tertiary/aromatic N) is 2. The lowest BCUT2D eigenvalue weighted by Gasteiger charge is -1.99. The standard InChI is InChI=1S/C12H8N2S/c1-2-4-9(5-3-1)10-6-7-11-12(8-10)14-15-13-11/h1-8H. The summed E-state index contributed by atoms with van der Waals surface area (Å²) in [5.41, 5.74) is 4.35. The highest BCUT2D eigenvalue weighted by molar-refractivity contribution is 7.00. The lowest BCUT2D eigenvalue weighted by atomic mass is 10.1. The van der Waals surface area contributed by atoms with Gasteiger partial charge in [-0.3, -0.25) is 0 Å². The Morgan fingerprint density at radius 3 is 2.40 bits per heavy atom. The summed E-state index contributed by atoms with van der Waals surface area (Å²) in [7, 11) is 0. The molecule has 0 bridgehead atoms. The van der Waals surface area contributed by atoms with Crippen molar-refractivity contribution >= 4 is 22.8 Å². The van der Waals surface area contributed by atoms with E-state index < -0.39 is 0 Å². The Balaban J connectivity index is 2.19. The van der Waals surface area contributed by atoms with Crippen molar-refractivity contribution in [1.82, 2.24) is 8.75 Å². The second kappa shape index (κ2) is 3.44. The Labute approximate surface area is 91.5 Å². The normalized spacial score (nSPS) is 10.7. The summed E-state index contributed by atoms with van der Waals surface area (Å²) in [6, 6.07) is 16.5. The Morgan fingerprint density at radius 2 is 1.53 bits per heavy atom. The summed E-state index contributed by atoms with van der Waals surface area (Å²) in [4.78, 5) is 0. The van der Waals surface area contributed by atoms with Crippen LogP contribution in [0.4, 0.5) is 0 Å². The van der Waals surface area contributed by atoms with Crippen molar-refractivity contribution in [2.24, 2.45) is 0 Å². The zero-order valence-corrected chi connectivity index (χ0v) is 8.74. The highest BCUT2D eigenvalue weighted by Crippen LogP contribution is 2.22. The molecule has 1 aromatic heterocycles. The molecule has 0 spiro atoms. The summed E-state index contributed by atoms with van der Waals surface area (Å²) in [5.74, 6) is 0. The van der Waals surface area contributed by atoms with Gasteiger partial charge in [-0.05, 0) is 23.3 Å². The fraction of sp³-hybridized carbons (Fsp3) is 0. The fourth-order valence-electron chi connectivity index (χ4n) is 1.59. The van der Waals surface area contributed by atoms with E-state index in [2.05, 4.69) is 33.0 Å². The van der Waals surface area contributed by atoms with Crippen molar-refractivity contribution in [2.45, 2.75) is 0 Å². The predicted molar refractivity (Wildman–Crippen MR) is 62.9 cm³/mol. The maximum absolute atomic E-state index is 4.24. The first-order valence-electron chi connectivity index (χ1n) is 4.71. The second-order valence-electron chi connectivity index (χ2n) is 3.33. The van der Waals surface area contributed by atoms with Gasteiger partial charge in [0.25, 0.3) is 0 Å². The molecule has 0 aliphatic heterocycles. The van der Waals surface area contributed by atoms with Crippen LogP contribution in [0.25, 0.3) is 22.2 Å². The third-order valence-electron chi connectivity index (χ3n) is 2.36. The lowest BCUT2D eigenvalue weighted by molar-refractivity contribution is 1.60. The number of rotatable bonds is 1. The summed E-state index contributed by atoms with van der Waals surface area (Å²) in [6.07, 6.45) is 0. The van der Waals surface area contributed by atoms with Gasteiger partial charge in [-0.1, -0.05) is 36.4 Å². The zero-order valence-electron chi connectivity index (χ0n) is 7.92. The monoisotopic (exact) mass is 212 g/mol. The van der Waals surface area contributed by atoms with Crippen molar-refractivity contribution in [3.8, 4) is 11.1 Å². The molecule has 0 fully saturated rings. The molecule has 1 heterocycles. The minimum Gasteiger partial charge on any atom is -0.173 e. The average molecular weight is 212 g/mol. The van der Waals surface area contributed by atoms with Gasteiger partial charge >= 0.3 is 0 Å². The molecule has 0 atom stereocenters. The molecule has 0 saturated heterocycles. The highest BCUT2D eigenvalue weighted by Gasteiger charge is 2.01. The Hall–Kier alpha value is -1.74. The maximum atomic E-state index is 4.24. The molecule has 3 aromatic rings. The highest BCUT2D eigenvalue weighted by atomic mass is 32.1. The molecule has 3 heteroatoms. The quantitative estimate of drug-likeness (QED) is 0.618. The van der Waals surface area contributed by atoms with Gasteiger partial charge in [0.1, 0.15) is 11.0 Å². The number of hydrogen-bond donors (Lipinski definition) is 0. The summed E-state index contributed by atoms with van der Waals surface area (Å²) < 4.78 is 8.42. The number of aromatic nitrogens is 2. The van der Waals surface area contributed by atoms with E-state index in [0.717, 1.165) is 11.0 Å². The van der Waals surface area contributed by atoms with Crippen LogP contribution in [0.5, 0.6) is 0 Å². The first kappa shape index (κ1) is 8.56. The molecule has 3 rings (SSSR count). The Bertz CT molecular complexity index is 587. The molecule has 0 unspecified atom stereocenters. The van der Waals surface area contributed by atoms with E-state index in [0.29, 0.717) is 0 Å². The van der Waals surface area contributed by atoms with Gasteiger partial charge in [-0.15, -0.1) is 0 Å². The summed E-state index contributed by atoms with van der Waals surface area (Å²) in [6.45, 7) is 0. The summed E-state index contributed by atoms with van der Waals surface area (Å²) >= 11 is 1.26. The van der Waals surface area contributed by atoms with E-state index in [9.17, 15) is 0 Å². The smallest absolute Gasteiger partial charge is 0.105 e. The molecule has 0 amide bonds. The fourth-order valence-corrected chi connectivity index (χ4v) is 2.11. The van der Waals surface area contributed by atoms with Crippen LogP contribution in [0.3, 0.4) is 0 Å². The van der Waals surface area contributed by atoms with Crippen LogP contribution in [0, 0.1) is 0 Å². The molecule has 2 nitrogen and oxygen atoms in total. The second-order valence-corrected chi connectivity index (χ2v) is 3.86. The molecule has 0 aliphatic rings. The first-order chi connectivity index (χ1) is 7.43. The van der Waals surface area contributed by atoms with Gasteiger partial charge in [0.15, 0.2) is 0 Å². The topological polar surface area (TPSA) is 25.8 Å². The molecule has 0 radical (unpaired) electrons. The van der Waals surface area contributed by atoms with Gasteiger partial charge in [-0.25, -0.2) is 0 Å². The molecular formula is C12H8N2S. The van der Waals surface area contributed by atoms with E-state index in [4.69, 9.17) is 0 Å². The van der Waals surface area contributed by atoms with Gasteiger partial charge in [-0.2, -0.15) is 8.75 Å². The van der Waals surface area contributed by atoms with Gasteiger partial charge in [0.2, 0.25) is 0 Å². The van der Waals surface area contributed by atoms with Crippen molar-refractivity contribution in [1.29, 1.82) is 0 Å². The van der Waals surface area contributed by atoms with Crippen molar-refractivity contribution in [3.05, 3.63) is 48.5 Å². The van der Waals surface area contributed by atoms with Crippen molar-refractivity contribution < 1.29 is 0 Å². The SMILES string of the molecule is c1ccc(-c2ccc3nsnc3c2)cc1. The van der Waals surface area contributed by atoms with E-state index in [1.807, 2.05) is 24.3 Å². The molecule has 2 aromatic carbocycles. The Morgan fingerprint density at radius 1 is 0.733 bits per heavy atom. The number of fused-ring (bicyclic) bond motifs is 1. The van der Waals surface area contributed by atoms with Crippen LogP contribution in [-0.2, 0) is 0 Å². The zero-order chi connectivity index (χ0) is 10.1. The third kappa shape index (κ3) is 1.51. The third-order valence-corrected chi connectivity index (χ3v) is 2.92. The van der Waals surface area contributed by atoms with Crippen LogP contribution in [-0.4, -0.2) is 8.75 Å². The Kier molecular flexibility index (Phi) is 1.96. The average Bonchev–Trinajstić information content (AvgIpc) is 2.77. The van der Waals surface area contributed by atoms with Crippen molar-refractivity contribution in [3.63, 3.8) is 0 Å². The minimum atomic E-state index is 0.972.